The Morgan fingerprint density at radius 1 is 0.500 bits per heavy atom. The minimum atomic E-state index is 0.150. The van der Waals surface area contributed by atoms with Gasteiger partial charge in [0.25, 0.3) is 0 Å². The first-order chi connectivity index (χ1) is 24.8. The summed E-state index contributed by atoms with van der Waals surface area (Å²) < 4.78 is 2.60. The molecule has 2 aliphatic rings. The Balaban J connectivity index is 1.07. The Morgan fingerprint density at radius 2 is 1.10 bits per heavy atom. The highest BCUT2D eigenvalue weighted by atomic mass is 32.1. The lowest BCUT2D eigenvalue weighted by Gasteiger charge is -2.27. The molecule has 236 valence electrons. The van der Waals surface area contributed by atoms with E-state index >= 15 is 0 Å². The minimum Gasteiger partial charge on any atom is -0.317 e. The molecule has 0 saturated heterocycles. The summed E-state index contributed by atoms with van der Waals surface area (Å²) in [5.74, 6) is 3.01. The fourth-order valence-electron chi connectivity index (χ4n) is 7.31. The molecule has 0 fully saturated rings. The van der Waals surface area contributed by atoms with Gasteiger partial charge in [-0.05, 0) is 34.9 Å². The van der Waals surface area contributed by atoms with Crippen LogP contribution >= 0.6 is 11.3 Å². The minimum absolute atomic E-state index is 0.150. The number of thiophene rings is 1. The maximum atomic E-state index is 5.11. The second-order valence-electron chi connectivity index (χ2n) is 12.7. The highest BCUT2D eigenvalue weighted by Crippen LogP contribution is 2.53. The maximum Gasteiger partial charge on any atom is 0.165 e. The van der Waals surface area contributed by atoms with E-state index in [1.54, 1.807) is 0 Å². The number of aromatic nitrogens is 4. The van der Waals surface area contributed by atoms with Crippen molar-refractivity contribution in [2.24, 2.45) is 0 Å². The summed E-state index contributed by atoms with van der Waals surface area (Å²) in [7, 11) is 0. The molecule has 3 aromatic heterocycles. The third-order valence-corrected chi connectivity index (χ3v) is 10.9. The van der Waals surface area contributed by atoms with E-state index in [4.69, 9.17) is 19.9 Å². The zero-order valence-corrected chi connectivity index (χ0v) is 27.7. The highest BCUT2D eigenvalue weighted by molar-refractivity contribution is 7.26. The lowest BCUT2D eigenvalue weighted by Crippen LogP contribution is -2.29. The summed E-state index contributed by atoms with van der Waals surface area (Å²) in [6, 6.07) is 46.5. The number of benzene rings is 5. The van der Waals surface area contributed by atoms with E-state index in [0.717, 1.165) is 28.1 Å². The third kappa shape index (κ3) is 4.76. The molecule has 6 heteroatoms. The summed E-state index contributed by atoms with van der Waals surface area (Å²) >= 11 is 1.86. The molecule has 5 nitrogen and oxygen atoms in total. The van der Waals surface area contributed by atoms with E-state index in [0.29, 0.717) is 17.5 Å². The molecular weight excluding hydrogens is 631 g/mol. The van der Waals surface area contributed by atoms with Crippen molar-refractivity contribution >= 4 is 43.0 Å². The first-order valence-electron chi connectivity index (χ1n) is 16.8. The number of rotatable bonds is 5. The average Bonchev–Trinajstić information content (AvgIpc) is 3.75. The molecule has 8 aromatic rings. The Kier molecular flexibility index (Phi) is 6.74. The molecule has 5 aromatic carbocycles. The van der Waals surface area contributed by atoms with Crippen molar-refractivity contribution < 1.29 is 0 Å². The van der Waals surface area contributed by atoms with Crippen LogP contribution in [0.25, 0.3) is 65.5 Å². The molecule has 2 unspecified atom stereocenters. The van der Waals surface area contributed by atoms with Crippen molar-refractivity contribution in [1.82, 2.24) is 19.9 Å². The number of anilines is 2. The Labute approximate surface area is 293 Å². The van der Waals surface area contributed by atoms with Crippen LogP contribution in [0.5, 0.6) is 0 Å². The van der Waals surface area contributed by atoms with Crippen molar-refractivity contribution in [3.63, 3.8) is 0 Å². The predicted octanol–water partition coefficient (Wildman–Crippen LogP) is 11.0. The number of hydrogen-bond acceptors (Lipinski definition) is 6. The molecule has 2 atom stereocenters. The largest absolute Gasteiger partial charge is 0.317 e. The summed E-state index contributed by atoms with van der Waals surface area (Å²) in [4.78, 5) is 22.4. The number of pyridine rings is 1. The van der Waals surface area contributed by atoms with Crippen molar-refractivity contribution in [2.75, 3.05) is 4.90 Å². The lowest BCUT2D eigenvalue weighted by molar-refractivity contribution is 0.738. The van der Waals surface area contributed by atoms with Crippen LogP contribution < -0.4 is 4.90 Å². The van der Waals surface area contributed by atoms with Gasteiger partial charge in [-0.15, -0.1) is 11.3 Å². The summed E-state index contributed by atoms with van der Waals surface area (Å²) in [5, 5.41) is 2.59. The van der Waals surface area contributed by atoms with Gasteiger partial charge in [-0.1, -0.05) is 140 Å². The van der Waals surface area contributed by atoms with Gasteiger partial charge in [-0.25, -0.2) is 19.9 Å². The molecule has 0 spiro atoms. The monoisotopic (exact) mass is 659 g/mol. The molecule has 0 N–H and O–H groups in total. The second kappa shape index (κ2) is 11.7. The Morgan fingerprint density at radius 3 is 1.84 bits per heavy atom. The fraction of sp³-hybridized carbons (Fsp3) is 0.0455. The van der Waals surface area contributed by atoms with E-state index in [1.165, 1.54) is 37.0 Å². The van der Waals surface area contributed by atoms with Crippen molar-refractivity contribution in [1.29, 1.82) is 0 Å². The third-order valence-electron chi connectivity index (χ3n) is 9.73. The van der Waals surface area contributed by atoms with Gasteiger partial charge in [0.15, 0.2) is 17.5 Å². The smallest absolute Gasteiger partial charge is 0.165 e. The van der Waals surface area contributed by atoms with Gasteiger partial charge in [0.05, 0.1) is 16.4 Å². The van der Waals surface area contributed by atoms with Gasteiger partial charge in [-0.3, -0.25) is 0 Å². The molecule has 50 heavy (non-hydrogen) atoms. The summed E-state index contributed by atoms with van der Waals surface area (Å²) in [6.07, 6.45) is 10.8. The lowest BCUT2D eigenvalue weighted by atomic mass is 9.91. The Hall–Kier alpha value is -6.24. The number of fused-ring (bicyclic) bond motifs is 7. The molecule has 10 rings (SSSR count). The second-order valence-corrected chi connectivity index (χ2v) is 13.7. The van der Waals surface area contributed by atoms with E-state index in [2.05, 4.69) is 126 Å². The normalized spacial score (nSPS) is 16.2. The van der Waals surface area contributed by atoms with E-state index in [9.17, 15) is 0 Å². The topological polar surface area (TPSA) is 54.8 Å². The standard InChI is InChI=1S/C44H29N5S/c1-3-11-28(12-4-1)29-19-21-31(22-20-29)43-46-42(30-13-5-2-6-14-30)47-44(48-43)32-23-26-39(45-27-32)49-37-17-9-7-15-33(37)35-24-25-36-34-16-8-10-18-38(34)50-41(36)40(35)49/h1-27,33,37H. The van der Waals surface area contributed by atoms with Crippen LogP contribution in [0.4, 0.5) is 11.5 Å². The Bertz CT molecular complexity index is 2590. The van der Waals surface area contributed by atoms with Gasteiger partial charge in [-0.2, -0.15) is 0 Å². The first-order valence-corrected chi connectivity index (χ1v) is 17.6. The van der Waals surface area contributed by atoms with Crippen LogP contribution in [-0.2, 0) is 0 Å². The zero-order chi connectivity index (χ0) is 33.0. The summed E-state index contributed by atoms with van der Waals surface area (Å²) in [5.41, 5.74) is 7.62. The van der Waals surface area contributed by atoms with Crippen LogP contribution in [0.2, 0.25) is 0 Å². The molecule has 0 bridgehead atoms. The highest BCUT2D eigenvalue weighted by Gasteiger charge is 2.39. The van der Waals surface area contributed by atoms with Gasteiger partial charge >= 0.3 is 0 Å². The molecule has 1 aliphatic carbocycles. The predicted molar refractivity (Wildman–Crippen MR) is 206 cm³/mol. The van der Waals surface area contributed by atoms with E-state index in [-0.39, 0.29) is 12.0 Å². The van der Waals surface area contributed by atoms with E-state index in [1.807, 2.05) is 53.9 Å². The zero-order valence-electron chi connectivity index (χ0n) is 26.9. The maximum absolute atomic E-state index is 5.11. The van der Waals surface area contributed by atoms with Crippen molar-refractivity contribution in [2.45, 2.75) is 12.0 Å². The molecule has 4 heterocycles. The van der Waals surface area contributed by atoms with Gasteiger partial charge in [0, 0.05) is 44.3 Å². The van der Waals surface area contributed by atoms with Crippen LogP contribution in [0, 0.1) is 0 Å². The summed E-state index contributed by atoms with van der Waals surface area (Å²) in [6.45, 7) is 0. The van der Waals surface area contributed by atoms with Crippen molar-refractivity contribution in [3.05, 3.63) is 170 Å². The van der Waals surface area contributed by atoms with Crippen LogP contribution in [0.15, 0.2) is 164 Å². The van der Waals surface area contributed by atoms with Crippen LogP contribution in [-0.4, -0.2) is 26.0 Å². The number of allylic oxidation sites excluding steroid dienone is 2. The molecule has 1 aliphatic heterocycles. The average molecular weight is 660 g/mol. The van der Waals surface area contributed by atoms with Crippen LogP contribution in [0.3, 0.4) is 0 Å². The van der Waals surface area contributed by atoms with E-state index < -0.39 is 0 Å². The van der Waals surface area contributed by atoms with Crippen molar-refractivity contribution in [3.8, 4) is 45.3 Å². The molecule has 0 amide bonds. The molecular formula is C44H29N5S. The van der Waals surface area contributed by atoms with Gasteiger partial charge in [0.2, 0.25) is 0 Å². The molecule has 0 saturated carbocycles. The quantitative estimate of drug-likeness (QED) is 0.184. The first kappa shape index (κ1) is 28.7. The fourth-order valence-corrected chi connectivity index (χ4v) is 8.56. The van der Waals surface area contributed by atoms with Gasteiger partial charge in [0.1, 0.15) is 5.82 Å². The number of nitrogens with zero attached hydrogens (tertiary/aromatic N) is 5. The SMILES string of the molecule is C1=CC2c3ccc4c(sc5ccccc54)c3N(c3ccc(-c4nc(-c5ccccc5)nc(-c5ccc(-c6ccccc6)cc5)n4)cn3)C2C=C1. The molecule has 0 radical (unpaired) electrons. The van der Waals surface area contributed by atoms with Gasteiger partial charge < -0.3 is 4.90 Å². The number of hydrogen-bond donors (Lipinski definition) is 0. The van der Waals surface area contributed by atoms with Crippen LogP contribution in [0.1, 0.15) is 11.5 Å².